The van der Waals surface area contributed by atoms with Gasteiger partial charge in [-0.05, 0) is 59.7 Å². The van der Waals surface area contributed by atoms with E-state index in [4.69, 9.17) is 4.74 Å². The third-order valence-electron chi connectivity index (χ3n) is 6.30. The summed E-state index contributed by atoms with van der Waals surface area (Å²) in [7, 11) is 1.89. The first-order valence-corrected chi connectivity index (χ1v) is 10.7. The maximum absolute atomic E-state index is 13.4. The minimum absolute atomic E-state index is 0.107. The van der Waals surface area contributed by atoms with Crippen LogP contribution in [0.25, 0.3) is 22.0 Å². The highest BCUT2D eigenvalue weighted by Gasteiger charge is 2.25. The van der Waals surface area contributed by atoms with Crippen LogP contribution in [0.4, 0.5) is 4.39 Å². The maximum atomic E-state index is 13.4. The van der Waals surface area contributed by atoms with Crippen molar-refractivity contribution >= 4 is 10.9 Å². The molecule has 1 saturated carbocycles. The molecule has 1 aliphatic carbocycles. The second kappa shape index (κ2) is 8.16. The third-order valence-corrected chi connectivity index (χ3v) is 6.30. The molecule has 1 unspecified atom stereocenters. The van der Waals surface area contributed by atoms with Gasteiger partial charge in [0.25, 0.3) is 5.56 Å². The maximum Gasteiger partial charge on any atom is 0.272 e. The van der Waals surface area contributed by atoms with Crippen LogP contribution in [0.3, 0.4) is 0 Å². The van der Waals surface area contributed by atoms with Crippen molar-refractivity contribution in [2.24, 2.45) is 13.0 Å². The number of pyridine rings is 1. The van der Waals surface area contributed by atoms with Gasteiger partial charge in [0.2, 0.25) is 0 Å². The molecule has 5 heteroatoms. The molecular weight excluding hydrogens is 391 g/mol. The van der Waals surface area contributed by atoms with E-state index in [9.17, 15) is 9.18 Å². The average Bonchev–Trinajstić information content (AvgIpc) is 3.08. The van der Waals surface area contributed by atoms with Gasteiger partial charge in [0.1, 0.15) is 17.4 Å². The number of fused-ring (bicyclic) bond motifs is 1. The first-order chi connectivity index (χ1) is 15.1. The van der Waals surface area contributed by atoms with Gasteiger partial charge >= 0.3 is 0 Å². The number of aromatic amines is 1. The lowest BCUT2D eigenvalue weighted by Gasteiger charge is -2.28. The number of nitrogens with one attached hydrogen (secondary N) is 1. The van der Waals surface area contributed by atoms with Crippen molar-refractivity contribution in [3.8, 4) is 11.1 Å². The molecule has 1 aliphatic rings. The van der Waals surface area contributed by atoms with Crippen molar-refractivity contribution in [3.63, 3.8) is 0 Å². The topological polar surface area (TPSA) is 47.0 Å². The molecule has 2 heterocycles. The fourth-order valence-electron chi connectivity index (χ4n) is 4.39. The van der Waals surface area contributed by atoms with E-state index in [0.717, 1.165) is 27.6 Å². The van der Waals surface area contributed by atoms with Crippen LogP contribution in [0.5, 0.6) is 0 Å². The summed E-state index contributed by atoms with van der Waals surface area (Å²) in [6.45, 7) is 0.699. The predicted molar refractivity (Wildman–Crippen MR) is 121 cm³/mol. The predicted octanol–water partition coefficient (Wildman–Crippen LogP) is 5.58. The van der Waals surface area contributed by atoms with Gasteiger partial charge in [-0.3, -0.25) is 4.79 Å². The van der Waals surface area contributed by atoms with Crippen molar-refractivity contribution in [2.45, 2.75) is 25.4 Å². The molecule has 2 aromatic heterocycles. The minimum atomic E-state index is -0.286. The minimum Gasteiger partial charge on any atom is -0.368 e. The SMILES string of the molecule is Cn1cc(C(OCC2CCC2)c2cccc(-c3ccc(F)cc3)c2)c2cc[nH]c(=O)c21. The third kappa shape index (κ3) is 3.81. The Balaban J connectivity index is 1.59. The number of hydrogen-bond acceptors (Lipinski definition) is 2. The molecule has 158 valence electrons. The van der Waals surface area contributed by atoms with Gasteiger partial charge < -0.3 is 14.3 Å². The van der Waals surface area contributed by atoms with Gasteiger partial charge in [-0.2, -0.15) is 0 Å². The number of halogens is 1. The first kappa shape index (κ1) is 19.8. The summed E-state index contributed by atoms with van der Waals surface area (Å²) in [5, 5.41) is 0.900. The molecule has 1 N–H and O–H groups in total. The number of H-pyrrole nitrogens is 1. The zero-order valence-corrected chi connectivity index (χ0v) is 17.5. The van der Waals surface area contributed by atoms with Crippen LogP contribution in [0, 0.1) is 11.7 Å². The normalized spacial score (nSPS) is 15.2. The smallest absolute Gasteiger partial charge is 0.272 e. The van der Waals surface area contributed by atoms with Crippen LogP contribution in [0.2, 0.25) is 0 Å². The van der Waals surface area contributed by atoms with Crippen LogP contribution < -0.4 is 5.56 Å². The Kier molecular flexibility index (Phi) is 5.20. The summed E-state index contributed by atoms with van der Waals surface area (Å²) in [6, 6.07) is 16.7. The van der Waals surface area contributed by atoms with Gasteiger partial charge in [0.05, 0.1) is 6.61 Å². The van der Waals surface area contributed by atoms with Crippen LogP contribution in [-0.2, 0) is 11.8 Å². The van der Waals surface area contributed by atoms with Gasteiger partial charge in [-0.1, -0.05) is 36.8 Å². The molecule has 4 aromatic rings. The molecule has 0 aliphatic heterocycles. The van der Waals surface area contributed by atoms with E-state index in [2.05, 4.69) is 17.1 Å². The first-order valence-electron chi connectivity index (χ1n) is 10.7. The molecular formula is C26H25FN2O2. The summed E-state index contributed by atoms with van der Waals surface area (Å²) < 4.78 is 21.8. The number of benzene rings is 2. The Morgan fingerprint density at radius 2 is 1.94 bits per heavy atom. The van der Waals surface area contributed by atoms with Gasteiger partial charge in [0.15, 0.2) is 0 Å². The Morgan fingerprint density at radius 1 is 1.13 bits per heavy atom. The molecule has 0 amide bonds. The number of hydrogen-bond donors (Lipinski definition) is 1. The van der Waals surface area contributed by atoms with E-state index in [1.807, 2.05) is 36.0 Å². The van der Waals surface area contributed by atoms with Crippen LogP contribution in [-0.4, -0.2) is 16.2 Å². The van der Waals surface area contributed by atoms with Gasteiger partial charge in [-0.25, -0.2) is 4.39 Å². The Hall–Kier alpha value is -3.18. The molecule has 2 aromatic carbocycles. The van der Waals surface area contributed by atoms with Crippen LogP contribution in [0.1, 0.15) is 36.5 Å². The second-order valence-corrected chi connectivity index (χ2v) is 8.41. The van der Waals surface area contributed by atoms with Crippen LogP contribution in [0.15, 0.2) is 71.8 Å². The van der Waals surface area contributed by atoms with Gasteiger partial charge in [-0.15, -0.1) is 0 Å². The quantitative estimate of drug-likeness (QED) is 0.446. The summed E-state index contributed by atoms with van der Waals surface area (Å²) in [6.07, 6.45) is 7.07. The molecule has 0 spiro atoms. The number of aromatic nitrogens is 2. The fourth-order valence-corrected chi connectivity index (χ4v) is 4.39. The molecule has 4 nitrogen and oxygen atoms in total. The second-order valence-electron chi connectivity index (χ2n) is 8.41. The molecule has 1 atom stereocenters. The Morgan fingerprint density at radius 3 is 2.68 bits per heavy atom. The van der Waals surface area contributed by atoms with E-state index in [1.54, 1.807) is 18.3 Å². The number of ether oxygens (including phenoxy) is 1. The number of aryl methyl sites for hydroxylation is 1. The Bertz CT molecular complexity index is 1270. The van der Waals surface area contributed by atoms with Crippen molar-refractivity contribution < 1.29 is 9.13 Å². The fraction of sp³-hybridized carbons (Fsp3) is 0.269. The average molecular weight is 416 g/mol. The van der Waals surface area contributed by atoms with E-state index in [1.165, 1.54) is 31.4 Å². The van der Waals surface area contributed by atoms with E-state index in [-0.39, 0.29) is 17.5 Å². The van der Waals surface area contributed by atoms with Gasteiger partial charge in [0, 0.05) is 30.4 Å². The monoisotopic (exact) mass is 416 g/mol. The summed E-state index contributed by atoms with van der Waals surface area (Å²) >= 11 is 0. The van der Waals surface area contributed by atoms with Crippen LogP contribution >= 0.6 is 0 Å². The molecule has 31 heavy (non-hydrogen) atoms. The van der Waals surface area contributed by atoms with E-state index >= 15 is 0 Å². The molecule has 0 saturated heterocycles. The highest BCUT2D eigenvalue weighted by atomic mass is 19.1. The number of rotatable bonds is 6. The van der Waals surface area contributed by atoms with Crippen molar-refractivity contribution in [1.29, 1.82) is 0 Å². The lowest BCUT2D eigenvalue weighted by Crippen LogP contribution is -2.20. The largest absolute Gasteiger partial charge is 0.368 e. The summed E-state index contributed by atoms with van der Waals surface area (Å²) in [5.74, 6) is 0.351. The lowest BCUT2D eigenvalue weighted by molar-refractivity contribution is 0.0308. The Labute approximate surface area is 180 Å². The van der Waals surface area contributed by atoms with Crippen molar-refractivity contribution in [2.75, 3.05) is 6.61 Å². The zero-order valence-electron chi connectivity index (χ0n) is 17.5. The standard InChI is InChI=1S/C26H25FN2O2/c1-29-15-23(22-12-13-28-26(30)24(22)29)25(31-16-17-4-2-5-17)20-7-3-6-19(14-20)18-8-10-21(27)11-9-18/h3,6-15,17,25H,2,4-5,16H2,1H3,(H,28,30). The van der Waals surface area contributed by atoms with E-state index in [0.29, 0.717) is 18.0 Å². The molecule has 5 rings (SSSR count). The highest BCUT2D eigenvalue weighted by molar-refractivity contribution is 5.84. The summed E-state index contributed by atoms with van der Waals surface area (Å²) in [5.41, 5.74) is 4.50. The number of nitrogens with zero attached hydrogens (tertiary/aromatic N) is 1. The molecule has 0 bridgehead atoms. The van der Waals surface area contributed by atoms with Crippen molar-refractivity contribution in [3.05, 3.63) is 94.3 Å². The van der Waals surface area contributed by atoms with E-state index < -0.39 is 0 Å². The zero-order chi connectivity index (χ0) is 21.4. The van der Waals surface area contributed by atoms with Crippen molar-refractivity contribution in [1.82, 2.24) is 9.55 Å². The molecule has 1 fully saturated rings. The summed E-state index contributed by atoms with van der Waals surface area (Å²) in [4.78, 5) is 15.2. The highest BCUT2D eigenvalue weighted by Crippen LogP contribution is 2.36. The lowest BCUT2D eigenvalue weighted by atomic mass is 9.86. The molecule has 0 radical (unpaired) electrons.